The lowest BCUT2D eigenvalue weighted by atomic mass is 10.2. The van der Waals surface area contributed by atoms with Crippen LogP contribution in [-0.4, -0.2) is 29.4 Å². The molecule has 0 aliphatic carbocycles. The Morgan fingerprint density at radius 1 is 1.71 bits per heavy atom. The molecule has 0 radical (unpaired) electrons. The molecule has 1 heterocycles. The Bertz CT molecular complexity index is 510. The second-order valence-electron chi connectivity index (χ2n) is 3.79. The van der Waals surface area contributed by atoms with Crippen LogP contribution in [0.15, 0.2) is 11.1 Å². The van der Waals surface area contributed by atoms with Gasteiger partial charge in [-0.2, -0.15) is 5.26 Å². The smallest absolute Gasteiger partial charge is 0.149 e. The van der Waals surface area contributed by atoms with E-state index in [0.29, 0.717) is 22.6 Å². The number of hydrogen-bond donors (Lipinski definition) is 3. The summed E-state index contributed by atoms with van der Waals surface area (Å²) in [5.41, 5.74) is 7.34. The predicted molar refractivity (Wildman–Crippen MR) is 66.2 cm³/mol. The highest BCUT2D eigenvalue weighted by Crippen LogP contribution is 2.13. The molecular formula is C11H17N5O. The number of aliphatic hydroxyl groups excluding tert-OH is 1. The molecule has 0 aliphatic heterocycles. The minimum absolute atomic E-state index is 0.231. The zero-order chi connectivity index (χ0) is 13.0. The number of anilines is 2. The van der Waals surface area contributed by atoms with E-state index in [-0.39, 0.29) is 6.54 Å². The second kappa shape index (κ2) is 5.37. The van der Waals surface area contributed by atoms with Crippen LogP contribution in [0.1, 0.15) is 12.5 Å². The number of nitriles is 1. The van der Waals surface area contributed by atoms with Gasteiger partial charge in [0.2, 0.25) is 0 Å². The van der Waals surface area contributed by atoms with Crippen molar-refractivity contribution in [2.45, 2.75) is 13.0 Å². The summed E-state index contributed by atoms with van der Waals surface area (Å²) in [5.74, 6) is 0.498. The summed E-state index contributed by atoms with van der Waals surface area (Å²) in [6, 6.07) is 3.77. The SMILES string of the molecule is CNc1cc(N)n(C)c(=NCC(C)O)c1C#N. The third-order valence-corrected chi connectivity index (χ3v) is 2.38. The zero-order valence-electron chi connectivity index (χ0n) is 10.2. The standard InChI is InChI=1S/C11H17N5O/c1-7(17)6-15-11-8(5-12)9(14-2)4-10(13)16(11)3/h4,7,14,17H,6,13H2,1-3H3. The lowest BCUT2D eigenvalue weighted by Gasteiger charge is -2.11. The fourth-order valence-electron chi connectivity index (χ4n) is 1.44. The van der Waals surface area contributed by atoms with E-state index in [0.717, 1.165) is 0 Å². The maximum atomic E-state index is 9.23. The van der Waals surface area contributed by atoms with Crippen LogP contribution in [0.25, 0.3) is 0 Å². The van der Waals surface area contributed by atoms with Crippen molar-refractivity contribution in [3.05, 3.63) is 17.1 Å². The van der Waals surface area contributed by atoms with Crippen LogP contribution in [0.5, 0.6) is 0 Å². The first-order chi connectivity index (χ1) is 8.01. The molecule has 92 valence electrons. The predicted octanol–water partition coefficient (Wildman–Crippen LogP) is -0.198. The Balaban J connectivity index is 3.50. The zero-order valence-corrected chi connectivity index (χ0v) is 10.2. The van der Waals surface area contributed by atoms with Crippen molar-refractivity contribution < 1.29 is 5.11 Å². The average molecular weight is 235 g/mol. The topological polar surface area (TPSA) is 99.4 Å². The van der Waals surface area contributed by atoms with E-state index >= 15 is 0 Å². The fourth-order valence-corrected chi connectivity index (χ4v) is 1.44. The number of nitrogens with one attached hydrogen (secondary N) is 1. The number of nitrogen functional groups attached to an aromatic ring is 1. The Morgan fingerprint density at radius 3 is 2.82 bits per heavy atom. The lowest BCUT2D eigenvalue weighted by Crippen LogP contribution is -2.26. The monoisotopic (exact) mass is 235 g/mol. The summed E-state index contributed by atoms with van der Waals surface area (Å²) in [5, 5.41) is 21.3. The van der Waals surface area contributed by atoms with Gasteiger partial charge in [-0.15, -0.1) is 0 Å². The summed E-state index contributed by atoms with van der Waals surface area (Å²) in [7, 11) is 3.45. The van der Waals surface area contributed by atoms with Crippen LogP contribution in [0.3, 0.4) is 0 Å². The second-order valence-corrected chi connectivity index (χ2v) is 3.79. The van der Waals surface area contributed by atoms with Crippen molar-refractivity contribution in [3.8, 4) is 6.07 Å². The van der Waals surface area contributed by atoms with Gasteiger partial charge in [-0.1, -0.05) is 0 Å². The molecule has 0 saturated carbocycles. The quantitative estimate of drug-likeness (QED) is 0.675. The van der Waals surface area contributed by atoms with E-state index < -0.39 is 6.10 Å². The molecule has 1 unspecified atom stereocenters. The molecule has 17 heavy (non-hydrogen) atoms. The van der Waals surface area contributed by atoms with E-state index in [4.69, 9.17) is 11.0 Å². The molecule has 0 saturated heterocycles. The molecule has 0 fully saturated rings. The molecule has 1 aromatic rings. The normalized spacial score (nSPS) is 13.2. The molecule has 0 bridgehead atoms. The van der Waals surface area contributed by atoms with Gasteiger partial charge in [0.05, 0.1) is 18.3 Å². The molecule has 0 spiro atoms. The summed E-state index contributed by atoms with van der Waals surface area (Å²) < 4.78 is 1.63. The van der Waals surface area contributed by atoms with Gasteiger partial charge in [0.15, 0.2) is 0 Å². The number of nitrogens with zero attached hydrogens (tertiary/aromatic N) is 3. The van der Waals surface area contributed by atoms with Crippen LogP contribution < -0.4 is 16.5 Å². The molecule has 1 aromatic heterocycles. The van der Waals surface area contributed by atoms with Crippen LogP contribution in [0, 0.1) is 11.3 Å². The lowest BCUT2D eigenvalue weighted by molar-refractivity contribution is 0.202. The van der Waals surface area contributed by atoms with Gasteiger partial charge < -0.3 is 20.7 Å². The third-order valence-electron chi connectivity index (χ3n) is 2.38. The van der Waals surface area contributed by atoms with E-state index in [9.17, 15) is 5.11 Å². The van der Waals surface area contributed by atoms with Gasteiger partial charge in [0.25, 0.3) is 0 Å². The molecule has 0 aliphatic rings. The Kier molecular flexibility index (Phi) is 4.12. The van der Waals surface area contributed by atoms with Crippen LogP contribution in [-0.2, 0) is 7.05 Å². The first kappa shape index (κ1) is 13.1. The van der Waals surface area contributed by atoms with Crippen molar-refractivity contribution in [3.63, 3.8) is 0 Å². The molecule has 4 N–H and O–H groups in total. The Hall–Kier alpha value is -2.00. The molecule has 1 atom stereocenters. The minimum atomic E-state index is -0.555. The Labute approximate surface area is 100 Å². The maximum absolute atomic E-state index is 9.23. The van der Waals surface area contributed by atoms with Gasteiger partial charge in [-0.05, 0) is 6.92 Å². The summed E-state index contributed by atoms with van der Waals surface area (Å²) in [6.45, 7) is 1.87. The third kappa shape index (κ3) is 2.77. The minimum Gasteiger partial charge on any atom is -0.391 e. The number of rotatable bonds is 3. The first-order valence-electron chi connectivity index (χ1n) is 5.27. The van der Waals surface area contributed by atoms with Crippen molar-refractivity contribution >= 4 is 11.5 Å². The van der Waals surface area contributed by atoms with E-state index in [1.165, 1.54) is 0 Å². The van der Waals surface area contributed by atoms with Crippen molar-refractivity contribution in [2.24, 2.45) is 12.0 Å². The number of hydrogen-bond acceptors (Lipinski definition) is 5. The number of aliphatic hydroxyl groups is 1. The molecule has 6 nitrogen and oxygen atoms in total. The summed E-state index contributed by atoms with van der Waals surface area (Å²) in [6.07, 6.45) is -0.555. The van der Waals surface area contributed by atoms with Crippen molar-refractivity contribution in [1.82, 2.24) is 4.57 Å². The van der Waals surface area contributed by atoms with E-state index in [2.05, 4.69) is 16.4 Å². The molecule has 6 heteroatoms. The molecule has 0 aromatic carbocycles. The maximum Gasteiger partial charge on any atom is 0.149 e. The largest absolute Gasteiger partial charge is 0.391 e. The van der Waals surface area contributed by atoms with E-state index in [1.54, 1.807) is 31.7 Å². The van der Waals surface area contributed by atoms with E-state index in [1.807, 2.05) is 0 Å². The number of aromatic nitrogens is 1. The number of pyridine rings is 1. The van der Waals surface area contributed by atoms with Crippen LogP contribution >= 0.6 is 0 Å². The highest BCUT2D eigenvalue weighted by atomic mass is 16.3. The van der Waals surface area contributed by atoms with Gasteiger partial charge in [-0.25, -0.2) is 0 Å². The highest BCUT2D eigenvalue weighted by Gasteiger charge is 2.08. The number of nitrogens with two attached hydrogens (primary N) is 1. The van der Waals surface area contributed by atoms with Gasteiger partial charge >= 0.3 is 0 Å². The summed E-state index contributed by atoms with van der Waals surface area (Å²) in [4.78, 5) is 4.22. The van der Waals surface area contributed by atoms with Crippen LogP contribution in [0.4, 0.5) is 11.5 Å². The van der Waals surface area contributed by atoms with Gasteiger partial charge in [0.1, 0.15) is 22.9 Å². The first-order valence-corrected chi connectivity index (χ1v) is 5.27. The van der Waals surface area contributed by atoms with Gasteiger partial charge in [0, 0.05) is 20.2 Å². The highest BCUT2D eigenvalue weighted by molar-refractivity contribution is 5.60. The molecular weight excluding hydrogens is 218 g/mol. The van der Waals surface area contributed by atoms with Crippen LogP contribution in [0.2, 0.25) is 0 Å². The Morgan fingerprint density at radius 2 is 2.35 bits per heavy atom. The average Bonchev–Trinajstić information content (AvgIpc) is 2.29. The summed E-state index contributed by atoms with van der Waals surface area (Å²) >= 11 is 0. The van der Waals surface area contributed by atoms with Crippen molar-refractivity contribution in [1.29, 1.82) is 5.26 Å². The molecule has 0 amide bonds. The fraction of sp³-hybridized carbons (Fsp3) is 0.455. The van der Waals surface area contributed by atoms with Crippen molar-refractivity contribution in [2.75, 3.05) is 24.6 Å². The molecule has 1 rings (SSSR count). The van der Waals surface area contributed by atoms with Gasteiger partial charge in [-0.3, -0.25) is 4.99 Å².